The molecule has 102 valence electrons. The molecule has 5 heteroatoms. The summed E-state index contributed by atoms with van der Waals surface area (Å²) in [5.74, 6) is -0.848. The van der Waals surface area contributed by atoms with E-state index < -0.39 is 12.0 Å². The molecule has 1 rings (SSSR count). The van der Waals surface area contributed by atoms with Gasteiger partial charge in [-0.05, 0) is 26.7 Å². The summed E-state index contributed by atoms with van der Waals surface area (Å²) in [5, 5.41) is 2.49. The Morgan fingerprint density at radius 3 is 2.56 bits per heavy atom. The Hall–Kier alpha value is -1.36. The maximum absolute atomic E-state index is 11.5. The second-order valence-electron chi connectivity index (χ2n) is 4.63. The minimum absolute atomic E-state index is 0.0449. The van der Waals surface area contributed by atoms with Gasteiger partial charge in [-0.2, -0.15) is 0 Å². The van der Waals surface area contributed by atoms with Crippen molar-refractivity contribution >= 4 is 11.9 Å². The average molecular weight is 255 g/mol. The molecule has 18 heavy (non-hydrogen) atoms. The van der Waals surface area contributed by atoms with E-state index in [0.29, 0.717) is 5.57 Å². The first-order valence-corrected chi connectivity index (χ1v) is 6.25. The molecular weight excluding hydrogens is 234 g/mol. The SMILES string of the molecule is C=C(C)C(=O)NC(C)C(=O)OCOC1CCCC1. The molecule has 0 heterocycles. The summed E-state index contributed by atoms with van der Waals surface area (Å²) in [6, 6.07) is -0.693. The molecular formula is C13H21NO4. The summed E-state index contributed by atoms with van der Waals surface area (Å²) >= 11 is 0. The molecule has 0 aromatic heterocycles. The molecule has 0 aromatic rings. The molecule has 5 nitrogen and oxygen atoms in total. The van der Waals surface area contributed by atoms with E-state index in [-0.39, 0.29) is 18.8 Å². The van der Waals surface area contributed by atoms with E-state index in [9.17, 15) is 9.59 Å². The number of rotatable bonds is 6. The van der Waals surface area contributed by atoms with Crippen LogP contribution in [0, 0.1) is 0 Å². The molecule has 1 fully saturated rings. The topological polar surface area (TPSA) is 64.6 Å². The van der Waals surface area contributed by atoms with Gasteiger partial charge in [-0.3, -0.25) is 4.79 Å². The van der Waals surface area contributed by atoms with Crippen molar-refractivity contribution in [2.45, 2.75) is 51.7 Å². The van der Waals surface area contributed by atoms with Crippen LogP contribution in [-0.4, -0.2) is 30.8 Å². The first-order chi connectivity index (χ1) is 8.50. The van der Waals surface area contributed by atoms with Crippen LogP contribution in [0.3, 0.4) is 0 Å². The Kier molecular flexibility index (Phi) is 5.85. The fourth-order valence-corrected chi connectivity index (χ4v) is 1.75. The predicted molar refractivity (Wildman–Crippen MR) is 66.7 cm³/mol. The van der Waals surface area contributed by atoms with Crippen LogP contribution in [0.2, 0.25) is 0 Å². The van der Waals surface area contributed by atoms with Gasteiger partial charge in [0, 0.05) is 5.57 Å². The fourth-order valence-electron chi connectivity index (χ4n) is 1.75. The van der Waals surface area contributed by atoms with Gasteiger partial charge in [0.2, 0.25) is 5.91 Å². The molecule has 1 aliphatic rings. The van der Waals surface area contributed by atoms with E-state index in [2.05, 4.69) is 11.9 Å². The van der Waals surface area contributed by atoms with Crippen molar-refractivity contribution in [3.63, 3.8) is 0 Å². The van der Waals surface area contributed by atoms with Crippen molar-refractivity contribution in [2.75, 3.05) is 6.79 Å². The molecule has 0 aliphatic heterocycles. The van der Waals surface area contributed by atoms with E-state index in [1.807, 2.05) is 0 Å². The lowest BCUT2D eigenvalue weighted by molar-refractivity contribution is -0.163. The highest BCUT2D eigenvalue weighted by atomic mass is 16.7. The van der Waals surface area contributed by atoms with Crippen LogP contribution < -0.4 is 5.32 Å². The summed E-state index contributed by atoms with van der Waals surface area (Å²) in [7, 11) is 0. The van der Waals surface area contributed by atoms with Gasteiger partial charge in [0.1, 0.15) is 6.04 Å². The molecule has 1 N–H and O–H groups in total. The van der Waals surface area contributed by atoms with Gasteiger partial charge in [0.25, 0.3) is 0 Å². The van der Waals surface area contributed by atoms with Crippen LogP contribution in [0.5, 0.6) is 0 Å². The fraction of sp³-hybridized carbons (Fsp3) is 0.692. The highest BCUT2D eigenvalue weighted by Crippen LogP contribution is 2.20. The zero-order valence-corrected chi connectivity index (χ0v) is 11.0. The summed E-state index contributed by atoms with van der Waals surface area (Å²) < 4.78 is 10.3. The molecule has 0 spiro atoms. The van der Waals surface area contributed by atoms with Gasteiger partial charge < -0.3 is 14.8 Å². The molecule has 1 saturated carbocycles. The molecule has 0 bridgehead atoms. The lowest BCUT2D eigenvalue weighted by Gasteiger charge is -2.15. The lowest BCUT2D eigenvalue weighted by Crippen LogP contribution is -2.40. The smallest absolute Gasteiger partial charge is 0.330 e. The molecule has 0 saturated heterocycles. The van der Waals surface area contributed by atoms with Gasteiger partial charge in [-0.15, -0.1) is 0 Å². The van der Waals surface area contributed by atoms with Crippen LogP contribution in [0.25, 0.3) is 0 Å². The molecule has 1 amide bonds. The summed E-state index contributed by atoms with van der Waals surface area (Å²) in [5.41, 5.74) is 0.358. The van der Waals surface area contributed by atoms with Crippen molar-refractivity contribution in [1.82, 2.24) is 5.32 Å². The minimum atomic E-state index is -0.693. The molecule has 1 aliphatic carbocycles. The first-order valence-electron chi connectivity index (χ1n) is 6.25. The average Bonchev–Trinajstić information content (AvgIpc) is 2.81. The maximum Gasteiger partial charge on any atom is 0.330 e. The Morgan fingerprint density at radius 2 is 2.00 bits per heavy atom. The van der Waals surface area contributed by atoms with Crippen LogP contribution >= 0.6 is 0 Å². The minimum Gasteiger partial charge on any atom is -0.437 e. The van der Waals surface area contributed by atoms with Gasteiger partial charge in [0.15, 0.2) is 6.79 Å². The normalized spacial score (nSPS) is 17.2. The van der Waals surface area contributed by atoms with E-state index >= 15 is 0 Å². The first kappa shape index (κ1) is 14.7. The third-order valence-corrected chi connectivity index (χ3v) is 2.90. The molecule has 1 unspecified atom stereocenters. The van der Waals surface area contributed by atoms with Crippen molar-refractivity contribution < 1.29 is 19.1 Å². The summed E-state index contributed by atoms with van der Waals surface area (Å²) in [4.78, 5) is 22.8. The highest BCUT2D eigenvalue weighted by molar-refractivity contribution is 5.94. The van der Waals surface area contributed by atoms with Crippen LogP contribution in [0.4, 0.5) is 0 Å². The van der Waals surface area contributed by atoms with Crippen LogP contribution in [0.1, 0.15) is 39.5 Å². The summed E-state index contributed by atoms with van der Waals surface area (Å²) in [6.45, 7) is 6.60. The van der Waals surface area contributed by atoms with E-state index in [4.69, 9.17) is 9.47 Å². The number of carbonyl (C=O) groups is 2. The third kappa shape index (κ3) is 4.87. The van der Waals surface area contributed by atoms with Crippen molar-refractivity contribution in [3.05, 3.63) is 12.2 Å². The predicted octanol–water partition coefficient (Wildman–Crippen LogP) is 1.53. The monoisotopic (exact) mass is 255 g/mol. The number of hydrogen-bond donors (Lipinski definition) is 1. The number of ether oxygens (including phenoxy) is 2. The number of carbonyl (C=O) groups excluding carboxylic acids is 2. The van der Waals surface area contributed by atoms with Gasteiger partial charge in [-0.25, -0.2) is 4.79 Å². The summed E-state index contributed by atoms with van der Waals surface area (Å²) in [6.07, 6.45) is 4.60. The molecule has 0 aromatic carbocycles. The van der Waals surface area contributed by atoms with E-state index in [1.165, 1.54) is 12.8 Å². The Morgan fingerprint density at radius 1 is 1.39 bits per heavy atom. The number of esters is 1. The van der Waals surface area contributed by atoms with Crippen LogP contribution in [-0.2, 0) is 19.1 Å². The number of amides is 1. The molecule has 0 radical (unpaired) electrons. The van der Waals surface area contributed by atoms with Gasteiger partial charge in [-0.1, -0.05) is 19.4 Å². The highest BCUT2D eigenvalue weighted by Gasteiger charge is 2.19. The van der Waals surface area contributed by atoms with E-state index in [0.717, 1.165) is 12.8 Å². The van der Waals surface area contributed by atoms with Gasteiger partial charge >= 0.3 is 5.97 Å². The number of hydrogen-bond acceptors (Lipinski definition) is 4. The van der Waals surface area contributed by atoms with Crippen molar-refractivity contribution in [3.8, 4) is 0 Å². The Labute approximate surface area is 108 Å². The zero-order chi connectivity index (χ0) is 13.5. The standard InChI is InChI=1S/C13H21NO4/c1-9(2)12(15)14-10(3)13(16)18-8-17-11-6-4-5-7-11/h10-11H,1,4-8H2,2-3H3,(H,14,15). The van der Waals surface area contributed by atoms with E-state index in [1.54, 1.807) is 13.8 Å². The van der Waals surface area contributed by atoms with Crippen molar-refractivity contribution in [2.24, 2.45) is 0 Å². The largest absolute Gasteiger partial charge is 0.437 e. The second-order valence-corrected chi connectivity index (χ2v) is 4.63. The second kappa shape index (κ2) is 7.16. The van der Waals surface area contributed by atoms with Gasteiger partial charge in [0.05, 0.1) is 6.10 Å². The Bertz CT molecular complexity index is 321. The van der Waals surface area contributed by atoms with Crippen molar-refractivity contribution in [1.29, 1.82) is 0 Å². The zero-order valence-electron chi connectivity index (χ0n) is 11.0. The maximum atomic E-state index is 11.5. The van der Waals surface area contributed by atoms with Crippen LogP contribution in [0.15, 0.2) is 12.2 Å². The lowest BCUT2D eigenvalue weighted by atomic mass is 10.3. The quantitative estimate of drug-likeness (QED) is 0.444. The number of nitrogens with one attached hydrogen (secondary N) is 1. The third-order valence-electron chi connectivity index (χ3n) is 2.90. The Balaban J connectivity index is 2.18. The molecule has 1 atom stereocenters.